The molecular weight excluding hydrogens is 368 g/mol. The predicted octanol–water partition coefficient (Wildman–Crippen LogP) is 5.33. The second kappa shape index (κ2) is 8.63. The van der Waals surface area contributed by atoms with E-state index in [-0.39, 0.29) is 5.54 Å². The lowest BCUT2D eigenvalue weighted by atomic mass is 9.79. The Morgan fingerprint density at radius 3 is 2.33 bits per heavy atom. The third kappa shape index (κ3) is 3.88. The highest BCUT2D eigenvalue weighted by Crippen LogP contribution is 2.46. The number of benzene rings is 3. The van der Waals surface area contributed by atoms with Gasteiger partial charge in [-0.15, -0.1) is 0 Å². The molecule has 5 rings (SSSR count). The van der Waals surface area contributed by atoms with Crippen molar-refractivity contribution in [1.82, 2.24) is 10.2 Å². The number of hydrogen-bond donors (Lipinski definition) is 1. The number of para-hydroxylation sites is 1. The molecule has 3 aromatic carbocycles. The van der Waals surface area contributed by atoms with Gasteiger partial charge in [0.1, 0.15) is 12.4 Å². The van der Waals surface area contributed by atoms with E-state index in [0.717, 1.165) is 31.8 Å². The fourth-order valence-electron chi connectivity index (χ4n) is 5.16. The molecule has 2 atom stereocenters. The highest BCUT2D eigenvalue weighted by molar-refractivity contribution is 5.41. The Morgan fingerprint density at radius 2 is 1.53 bits per heavy atom. The fourth-order valence-corrected chi connectivity index (χ4v) is 5.16. The molecule has 30 heavy (non-hydrogen) atoms. The van der Waals surface area contributed by atoms with Crippen LogP contribution in [0.4, 0.5) is 0 Å². The number of nitrogens with zero attached hydrogens (tertiary/aromatic N) is 1. The maximum atomic E-state index is 6.35. The first kappa shape index (κ1) is 19.3. The van der Waals surface area contributed by atoms with Crippen molar-refractivity contribution in [2.75, 3.05) is 13.2 Å². The molecule has 1 saturated heterocycles. The van der Waals surface area contributed by atoms with E-state index in [0.29, 0.717) is 12.6 Å². The van der Waals surface area contributed by atoms with E-state index in [1.54, 1.807) is 0 Å². The van der Waals surface area contributed by atoms with Gasteiger partial charge in [0.2, 0.25) is 0 Å². The average molecular weight is 399 g/mol. The van der Waals surface area contributed by atoms with Crippen LogP contribution in [0, 0.1) is 0 Å². The van der Waals surface area contributed by atoms with Crippen LogP contribution in [0.25, 0.3) is 0 Å². The first-order chi connectivity index (χ1) is 14.8. The van der Waals surface area contributed by atoms with E-state index in [1.165, 1.54) is 29.5 Å². The molecular formula is C27H30N2O. The topological polar surface area (TPSA) is 24.5 Å². The summed E-state index contributed by atoms with van der Waals surface area (Å²) in [6, 6.07) is 30.5. The quantitative estimate of drug-likeness (QED) is 0.628. The van der Waals surface area contributed by atoms with Gasteiger partial charge in [-0.1, -0.05) is 85.3 Å². The van der Waals surface area contributed by atoms with E-state index < -0.39 is 0 Å². The van der Waals surface area contributed by atoms with Gasteiger partial charge in [-0.05, 0) is 36.6 Å². The van der Waals surface area contributed by atoms with Gasteiger partial charge >= 0.3 is 0 Å². The molecule has 154 valence electrons. The Bertz CT molecular complexity index is 959. The Hall–Kier alpha value is -2.62. The van der Waals surface area contributed by atoms with Gasteiger partial charge in [-0.2, -0.15) is 0 Å². The number of nitrogens with one attached hydrogen (secondary N) is 1. The summed E-state index contributed by atoms with van der Waals surface area (Å²) in [5.41, 5.74) is 3.93. The van der Waals surface area contributed by atoms with Crippen molar-refractivity contribution in [1.29, 1.82) is 0 Å². The van der Waals surface area contributed by atoms with Crippen molar-refractivity contribution < 1.29 is 4.74 Å². The summed E-state index contributed by atoms with van der Waals surface area (Å²) >= 11 is 0. The van der Waals surface area contributed by atoms with Gasteiger partial charge in [-0.25, -0.2) is 0 Å². The Morgan fingerprint density at radius 1 is 0.833 bits per heavy atom. The molecule has 0 unspecified atom stereocenters. The van der Waals surface area contributed by atoms with Gasteiger partial charge in [0, 0.05) is 18.7 Å². The summed E-state index contributed by atoms with van der Waals surface area (Å²) < 4.78 is 6.35. The highest BCUT2D eigenvalue weighted by atomic mass is 16.5. The van der Waals surface area contributed by atoms with Crippen LogP contribution in [0.15, 0.2) is 84.9 Å². The number of likely N-dealkylation sites (tertiary alicyclic amines) is 1. The van der Waals surface area contributed by atoms with Crippen LogP contribution in [0.5, 0.6) is 5.75 Å². The van der Waals surface area contributed by atoms with E-state index in [9.17, 15) is 0 Å². The van der Waals surface area contributed by atoms with Crippen molar-refractivity contribution in [3.63, 3.8) is 0 Å². The maximum Gasteiger partial charge on any atom is 0.124 e. The van der Waals surface area contributed by atoms with E-state index in [2.05, 4.69) is 95.1 Å². The van der Waals surface area contributed by atoms with Gasteiger partial charge in [-0.3, -0.25) is 4.90 Å². The first-order valence-corrected chi connectivity index (χ1v) is 11.1. The molecule has 2 aliphatic rings. The van der Waals surface area contributed by atoms with Gasteiger partial charge in [0.05, 0.1) is 11.6 Å². The molecule has 0 saturated carbocycles. The first-order valence-electron chi connectivity index (χ1n) is 11.1. The minimum atomic E-state index is -0.0878. The minimum Gasteiger partial charge on any atom is -0.491 e. The van der Waals surface area contributed by atoms with E-state index >= 15 is 0 Å². The van der Waals surface area contributed by atoms with Crippen molar-refractivity contribution in [3.05, 3.63) is 102 Å². The van der Waals surface area contributed by atoms with Crippen molar-refractivity contribution in [2.24, 2.45) is 0 Å². The number of fused-ring (bicyclic) bond motifs is 3. The Labute approximate surface area is 179 Å². The number of ether oxygens (including phenoxy) is 1. The molecule has 3 aromatic rings. The second-order valence-electron chi connectivity index (χ2n) is 8.64. The summed E-state index contributed by atoms with van der Waals surface area (Å²) in [4.78, 5) is 2.68. The molecule has 1 fully saturated rings. The smallest absolute Gasteiger partial charge is 0.124 e. The van der Waals surface area contributed by atoms with Crippen molar-refractivity contribution in [2.45, 2.75) is 43.9 Å². The SMILES string of the molecule is c1ccc(CN[C@@]23CCCCN(Cc4ccccc4)[C@@H]2c2ccccc2OC3)cc1. The lowest BCUT2D eigenvalue weighted by Gasteiger charge is -2.48. The summed E-state index contributed by atoms with van der Waals surface area (Å²) in [5.74, 6) is 1.04. The summed E-state index contributed by atoms with van der Waals surface area (Å²) in [5, 5.41) is 3.98. The second-order valence-corrected chi connectivity index (χ2v) is 8.64. The molecule has 0 spiro atoms. The number of hydrogen-bond acceptors (Lipinski definition) is 3. The van der Waals surface area contributed by atoms with Crippen molar-refractivity contribution in [3.8, 4) is 5.75 Å². The Balaban J connectivity index is 1.51. The summed E-state index contributed by atoms with van der Waals surface area (Å²) in [7, 11) is 0. The van der Waals surface area contributed by atoms with Crippen molar-refractivity contribution >= 4 is 0 Å². The molecule has 0 amide bonds. The zero-order chi connectivity index (χ0) is 20.2. The molecule has 0 bridgehead atoms. The zero-order valence-electron chi connectivity index (χ0n) is 17.5. The van der Waals surface area contributed by atoms with Crippen LogP contribution in [0.1, 0.15) is 42.0 Å². The van der Waals surface area contributed by atoms with Crippen LogP contribution in [0.3, 0.4) is 0 Å². The molecule has 3 heteroatoms. The van der Waals surface area contributed by atoms with E-state index in [1.807, 2.05) is 0 Å². The largest absolute Gasteiger partial charge is 0.491 e. The molecule has 2 heterocycles. The molecule has 0 aliphatic carbocycles. The molecule has 0 radical (unpaired) electrons. The maximum absolute atomic E-state index is 6.35. The molecule has 1 N–H and O–H groups in total. The van der Waals surface area contributed by atoms with Crippen LogP contribution in [-0.2, 0) is 13.1 Å². The lowest BCUT2D eigenvalue weighted by Crippen LogP contribution is -2.59. The van der Waals surface area contributed by atoms with Gasteiger partial charge in [0.15, 0.2) is 0 Å². The lowest BCUT2D eigenvalue weighted by molar-refractivity contribution is 0.0360. The fraction of sp³-hybridized carbons (Fsp3) is 0.333. The molecule has 2 aliphatic heterocycles. The standard InChI is InChI=1S/C27H30N2O/c1-3-11-22(12-4-1)19-28-27-17-9-10-18-29(20-23-13-5-2-6-14-23)26(27)24-15-7-8-16-25(24)30-21-27/h1-8,11-16,26,28H,9-10,17-21H2/t26-,27-/m1/s1. The number of rotatable bonds is 5. The zero-order valence-corrected chi connectivity index (χ0v) is 17.5. The van der Waals surface area contributed by atoms with Crippen LogP contribution >= 0.6 is 0 Å². The highest BCUT2D eigenvalue weighted by Gasteiger charge is 2.48. The van der Waals surface area contributed by atoms with Crippen LogP contribution in [-0.4, -0.2) is 23.6 Å². The van der Waals surface area contributed by atoms with Gasteiger partial charge in [0.25, 0.3) is 0 Å². The monoisotopic (exact) mass is 398 g/mol. The predicted molar refractivity (Wildman–Crippen MR) is 121 cm³/mol. The average Bonchev–Trinajstić information content (AvgIpc) is 2.99. The third-order valence-electron chi connectivity index (χ3n) is 6.62. The normalized spacial score (nSPS) is 23.7. The Kier molecular flexibility index (Phi) is 5.56. The third-order valence-corrected chi connectivity index (χ3v) is 6.62. The minimum absolute atomic E-state index is 0.0878. The van der Waals surface area contributed by atoms with Crippen LogP contribution in [0.2, 0.25) is 0 Å². The van der Waals surface area contributed by atoms with Gasteiger partial charge < -0.3 is 10.1 Å². The van der Waals surface area contributed by atoms with E-state index in [4.69, 9.17) is 4.74 Å². The molecule has 3 nitrogen and oxygen atoms in total. The molecule has 0 aromatic heterocycles. The summed E-state index contributed by atoms with van der Waals surface area (Å²) in [6.45, 7) is 3.66. The van der Waals surface area contributed by atoms with Crippen LogP contribution < -0.4 is 10.1 Å². The summed E-state index contributed by atoms with van der Waals surface area (Å²) in [6.07, 6.45) is 3.57.